The van der Waals surface area contributed by atoms with E-state index in [-0.39, 0.29) is 18.4 Å². The normalized spacial score (nSPS) is 13.4. The van der Waals surface area contributed by atoms with Gasteiger partial charge in [0.15, 0.2) is 10.7 Å². The van der Waals surface area contributed by atoms with Crippen LogP contribution in [0.15, 0.2) is 54.9 Å². The van der Waals surface area contributed by atoms with E-state index < -0.39 is 36.9 Å². The van der Waals surface area contributed by atoms with Crippen LogP contribution >= 0.6 is 0 Å². The average Bonchev–Trinajstić information content (AvgIpc) is 2.88. The van der Waals surface area contributed by atoms with E-state index >= 15 is 0 Å². The molecule has 3 rings (SSSR count). The molecule has 2 atom stereocenters. The van der Waals surface area contributed by atoms with Crippen molar-refractivity contribution < 1.29 is 35.5 Å². The number of carbonyl (C=O) groups is 1. The van der Waals surface area contributed by atoms with Crippen molar-refractivity contribution in [3.05, 3.63) is 66.0 Å². The van der Waals surface area contributed by atoms with Gasteiger partial charge < -0.3 is 10.1 Å². The molecule has 3 aromatic rings. The summed E-state index contributed by atoms with van der Waals surface area (Å²) in [6.45, 7) is 4.57. The molecule has 39 heavy (non-hydrogen) atoms. The molecule has 0 saturated carbocycles. The van der Waals surface area contributed by atoms with Crippen molar-refractivity contribution in [2.75, 3.05) is 12.4 Å². The fourth-order valence-corrected chi connectivity index (χ4v) is 6.20. The number of hydrogen-bond acceptors (Lipinski definition) is 9. The van der Waals surface area contributed by atoms with Gasteiger partial charge >= 0.3 is 0 Å². The summed E-state index contributed by atoms with van der Waals surface area (Å²) >= 11 is 0. The fraction of sp³-hybridized carbons (Fsp3) is 0.320. The van der Waals surface area contributed by atoms with Crippen LogP contribution in [0.25, 0.3) is 11.3 Å². The summed E-state index contributed by atoms with van der Waals surface area (Å²) in [5.74, 6) is 0.136. The number of aromatic nitrogens is 2. The molecular weight excluding hydrogens is 548 g/mol. The van der Waals surface area contributed by atoms with Crippen LogP contribution in [0.4, 0.5) is 11.5 Å². The largest absolute Gasteiger partial charge is 0.496 e. The number of nitrogens with one attached hydrogen (secondary N) is 1. The molecule has 14 heteroatoms. The van der Waals surface area contributed by atoms with Gasteiger partial charge in [-0.3, -0.25) is 18.8 Å². The minimum Gasteiger partial charge on any atom is -0.496 e. The summed E-state index contributed by atoms with van der Waals surface area (Å²) in [4.78, 5) is 22.5. The highest BCUT2D eigenvalue weighted by molar-refractivity contribution is 7.87. The number of rotatable bonds is 11. The molecule has 0 bridgehead atoms. The van der Waals surface area contributed by atoms with Gasteiger partial charge in [0.1, 0.15) is 17.9 Å². The fourth-order valence-electron chi connectivity index (χ4n) is 4.22. The first kappa shape index (κ1) is 30.0. The molecule has 1 aromatic heterocycles. The van der Waals surface area contributed by atoms with Crippen LogP contribution in [0.2, 0.25) is 0 Å². The van der Waals surface area contributed by atoms with Crippen molar-refractivity contribution in [2.45, 2.75) is 44.4 Å². The zero-order chi connectivity index (χ0) is 29.0. The topological polar surface area (TPSA) is 176 Å². The Morgan fingerprint density at radius 2 is 1.51 bits per heavy atom. The molecular formula is C25H30N4O8S2. The lowest BCUT2D eigenvalue weighted by molar-refractivity contribution is 0.0685. The van der Waals surface area contributed by atoms with E-state index in [2.05, 4.69) is 15.3 Å². The molecule has 210 valence electrons. The molecule has 12 nitrogen and oxygen atoms in total. The van der Waals surface area contributed by atoms with Crippen molar-refractivity contribution in [1.29, 1.82) is 0 Å². The first-order valence-electron chi connectivity index (χ1n) is 11.9. The second kappa shape index (κ2) is 12.1. The number of ether oxygens (including phenoxy) is 1. The third kappa shape index (κ3) is 6.71. The number of carbonyl (C=O) groups excluding carboxylic acids is 1. The van der Waals surface area contributed by atoms with Gasteiger partial charge in [-0.1, -0.05) is 26.0 Å². The standard InChI is InChI=1S/C25H30N4O8S2/c1-5-21(38(31,32)33)29(22(6-2)39(34,35)36)25(30)17-11-13-18(14-12-17)28-24-16(3)23(26-15-27-24)19-9-7-8-10-20(19)37-4/h7-15,21-22H,5-6H2,1-4H3,(H,26,27,28)(H,31,32,33)(H,34,35,36). The maximum atomic E-state index is 13.3. The average molecular weight is 579 g/mol. The molecule has 2 aromatic carbocycles. The van der Waals surface area contributed by atoms with Crippen molar-refractivity contribution in [1.82, 2.24) is 14.9 Å². The molecule has 0 fully saturated rings. The summed E-state index contributed by atoms with van der Waals surface area (Å²) in [5, 5.41) is -0.622. The molecule has 0 spiro atoms. The first-order chi connectivity index (χ1) is 18.3. The maximum absolute atomic E-state index is 13.3. The monoisotopic (exact) mass is 578 g/mol. The Bertz CT molecular complexity index is 1500. The van der Waals surface area contributed by atoms with Crippen molar-refractivity contribution in [3.8, 4) is 17.0 Å². The molecule has 0 saturated heterocycles. The van der Waals surface area contributed by atoms with E-state index in [9.17, 15) is 30.7 Å². The van der Waals surface area contributed by atoms with Crippen LogP contribution in [-0.2, 0) is 20.2 Å². The van der Waals surface area contributed by atoms with E-state index in [4.69, 9.17) is 4.74 Å². The first-order valence-corrected chi connectivity index (χ1v) is 14.9. The second-order valence-corrected chi connectivity index (χ2v) is 11.7. The zero-order valence-corrected chi connectivity index (χ0v) is 23.4. The number of benzene rings is 2. The zero-order valence-electron chi connectivity index (χ0n) is 21.8. The summed E-state index contributed by atoms with van der Waals surface area (Å²) in [6.07, 6.45) is 0.781. The molecule has 0 aliphatic rings. The minimum atomic E-state index is -4.87. The number of nitrogens with zero attached hydrogens (tertiary/aromatic N) is 3. The Morgan fingerprint density at radius 3 is 2.03 bits per heavy atom. The predicted molar refractivity (Wildman–Crippen MR) is 146 cm³/mol. The van der Waals surface area contributed by atoms with E-state index in [1.165, 1.54) is 44.4 Å². The molecule has 3 N–H and O–H groups in total. The SMILES string of the molecule is CCC(N(C(=O)c1ccc(Nc2ncnc(-c3ccccc3OC)c2C)cc1)C(CC)S(=O)(=O)O)S(=O)(=O)O. The maximum Gasteiger partial charge on any atom is 0.286 e. The third-order valence-corrected chi connectivity index (χ3v) is 8.58. The number of para-hydroxylation sites is 1. The summed E-state index contributed by atoms with van der Waals surface area (Å²) in [6, 6.07) is 13.2. The Labute approximate surface area is 227 Å². The molecule has 0 aliphatic carbocycles. The Hall–Kier alpha value is -3.59. The van der Waals surface area contributed by atoms with Crippen LogP contribution in [0.3, 0.4) is 0 Å². The van der Waals surface area contributed by atoms with Gasteiger partial charge in [-0.2, -0.15) is 16.8 Å². The predicted octanol–water partition coefficient (Wildman–Crippen LogP) is 3.89. The Kier molecular flexibility index (Phi) is 9.27. The van der Waals surface area contributed by atoms with Crippen LogP contribution in [0.5, 0.6) is 5.75 Å². The van der Waals surface area contributed by atoms with Gasteiger partial charge in [-0.25, -0.2) is 9.97 Å². The highest BCUT2D eigenvalue weighted by atomic mass is 32.2. The lowest BCUT2D eigenvalue weighted by Crippen LogP contribution is -2.53. The lowest BCUT2D eigenvalue weighted by Gasteiger charge is -2.34. The van der Waals surface area contributed by atoms with Gasteiger partial charge in [0.25, 0.3) is 26.1 Å². The third-order valence-electron chi connectivity index (χ3n) is 6.08. The summed E-state index contributed by atoms with van der Waals surface area (Å²) in [5.41, 5.74) is 2.62. The van der Waals surface area contributed by atoms with Gasteiger partial charge in [-0.05, 0) is 56.2 Å². The number of anilines is 2. The highest BCUT2D eigenvalue weighted by Gasteiger charge is 2.42. The molecule has 0 radical (unpaired) electrons. The smallest absolute Gasteiger partial charge is 0.286 e. The Balaban J connectivity index is 1.95. The molecule has 0 aliphatic heterocycles. The van der Waals surface area contributed by atoms with Crippen LogP contribution in [0, 0.1) is 6.92 Å². The van der Waals surface area contributed by atoms with Gasteiger partial charge in [0, 0.05) is 22.4 Å². The Morgan fingerprint density at radius 1 is 0.949 bits per heavy atom. The van der Waals surface area contributed by atoms with E-state index in [1.54, 1.807) is 7.11 Å². The van der Waals surface area contributed by atoms with E-state index in [0.29, 0.717) is 27.8 Å². The van der Waals surface area contributed by atoms with Gasteiger partial charge in [0.05, 0.1) is 12.8 Å². The minimum absolute atomic E-state index is 0.0566. The molecule has 1 heterocycles. The number of amides is 1. The van der Waals surface area contributed by atoms with Crippen molar-refractivity contribution in [2.24, 2.45) is 0 Å². The van der Waals surface area contributed by atoms with Crippen LogP contribution in [0.1, 0.15) is 42.6 Å². The number of methoxy groups -OCH3 is 1. The van der Waals surface area contributed by atoms with Gasteiger partial charge in [0.2, 0.25) is 0 Å². The summed E-state index contributed by atoms with van der Waals surface area (Å²) in [7, 11) is -8.18. The van der Waals surface area contributed by atoms with Crippen molar-refractivity contribution >= 4 is 37.6 Å². The van der Waals surface area contributed by atoms with Gasteiger partial charge in [-0.15, -0.1) is 0 Å². The quantitative estimate of drug-likeness (QED) is 0.281. The molecule has 2 unspecified atom stereocenters. The number of hydrogen-bond donors (Lipinski definition) is 3. The van der Waals surface area contributed by atoms with Crippen LogP contribution < -0.4 is 10.1 Å². The molecule has 1 amide bonds. The highest BCUT2D eigenvalue weighted by Crippen LogP contribution is 2.33. The van der Waals surface area contributed by atoms with E-state index in [0.717, 1.165) is 11.1 Å². The second-order valence-electron chi connectivity index (χ2n) is 8.57. The lowest BCUT2D eigenvalue weighted by atomic mass is 10.1. The van der Waals surface area contributed by atoms with Crippen molar-refractivity contribution in [3.63, 3.8) is 0 Å². The van der Waals surface area contributed by atoms with Crippen LogP contribution in [-0.4, -0.2) is 64.6 Å². The summed E-state index contributed by atoms with van der Waals surface area (Å²) < 4.78 is 72.8. The van der Waals surface area contributed by atoms with E-state index in [1.807, 2.05) is 31.2 Å².